The number of benzene rings is 4. The van der Waals surface area contributed by atoms with Crippen molar-refractivity contribution >= 4 is 40.8 Å². The van der Waals surface area contributed by atoms with Gasteiger partial charge in [0.15, 0.2) is 5.71 Å². The molecule has 4 aromatic carbocycles. The third-order valence-electron chi connectivity index (χ3n) is 6.79. The zero-order valence-electron chi connectivity index (χ0n) is 22.5. The topological polar surface area (TPSA) is 6.25 Å². The summed E-state index contributed by atoms with van der Waals surface area (Å²) in [6.45, 7) is 0. The Kier molecular flexibility index (Phi) is 7.82. The van der Waals surface area contributed by atoms with Gasteiger partial charge in [0.1, 0.15) is 14.1 Å². The van der Waals surface area contributed by atoms with Gasteiger partial charge in [0.25, 0.3) is 0 Å². The van der Waals surface area contributed by atoms with Crippen LogP contribution in [-0.2, 0) is 0 Å². The van der Waals surface area contributed by atoms with Crippen LogP contribution in [0.2, 0.25) is 0 Å². The second-order valence-electron chi connectivity index (χ2n) is 9.81. The van der Waals surface area contributed by atoms with Gasteiger partial charge in [-0.15, -0.1) is 0 Å². The largest absolute Gasteiger partial charge is 0.378 e. The maximum Gasteiger partial charge on any atom is 0.199 e. The number of allylic oxidation sites excluding steroid dienone is 5. The van der Waals surface area contributed by atoms with Gasteiger partial charge in [-0.05, 0) is 70.4 Å². The second-order valence-corrected chi connectivity index (χ2v) is 12.0. The molecule has 0 atom stereocenters. The van der Waals surface area contributed by atoms with Crippen LogP contribution in [0.5, 0.6) is 0 Å². The molecule has 3 heteroatoms. The van der Waals surface area contributed by atoms with Crippen LogP contribution in [0.15, 0.2) is 139 Å². The number of anilines is 1. The average Bonchev–Trinajstić information content (AvgIpc) is 2.96. The van der Waals surface area contributed by atoms with Gasteiger partial charge in [-0.25, -0.2) is 4.58 Å². The number of nitrogens with zero attached hydrogens (tertiary/aromatic N) is 2. The Balaban J connectivity index is 1.60. The molecule has 0 saturated heterocycles. The lowest BCUT2D eigenvalue weighted by atomic mass is 9.90. The van der Waals surface area contributed by atoms with Crippen LogP contribution in [-0.4, -0.2) is 38.5 Å². The monoisotopic (exact) mass is 513 g/mol. The van der Waals surface area contributed by atoms with E-state index in [1.165, 1.54) is 49.6 Å². The first-order valence-corrected chi connectivity index (χ1v) is 14.3. The highest BCUT2D eigenvalue weighted by atomic mass is 31.1. The van der Waals surface area contributed by atoms with Gasteiger partial charge in [0, 0.05) is 31.9 Å². The van der Waals surface area contributed by atoms with Gasteiger partial charge < -0.3 is 4.90 Å². The fourth-order valence-corrected chi connectivity index (χ4v) is 7.01. The summed E-state index contributed by atoms with van der Waals surface area (Å²) in [6.07, 6.45) is 8.86. The number of rotatable bonds is 6. The molecule has 0 aromatic heterocycles. The van der Waals surface area contributed by atoms with Crippen molar-refractivity contribution in [3.05, 3.63) is 150 Å². The van der Waals surface area contributed by atoms with Gasteiger partial charge >= 0.3 is 0 Å². The van der Waals surface area contributed by atoms with Crippen LogP contribution < -0.4 is 20.8 Å². The van der Waals surface area contributed by atoms with Crippen LogP contribution in [0, 0.1) is 0 Å². The summed E-state index contributed by atoms with van der Waals surface area (Å²) in [5.41, 5.74) is 7.30. The molecule has 188 valence electrons. The van der Waals surface area contributed by atoms with E-state index in [4.69, 9.17) is 0 Å². The minimum absolute atomic E-state index is 0.630. The molecule has 0 aliphatic heterocycles. The van der Waals surface area contributed by atoms with Crippen molar-refractivity contribution in [3.63, 3.8) is 0 Å². The molecule has 0 unspecified atom stereocenters. The van der Waals surface area contributed by atoms with Crippen molar-refractivity contribution in [2.24, 2.45) is 0 Å². The van der Waals surface area contributed by atoms with Gasteiger partial charge in [0.2, 0.25) is 0 Å². The van der Waals surface area contributed by atoms with Crippen LogP contribution in [0.1, 0.15) is 11.1 Å². The van der Waals surface area contributed by atoms with Crippen LogP contribution in [0.3, 0.4) is 0 Å². The molecule has 4 aromatic rings. The smallest absolute Gasteiger partial charge is 0.199 e. The quantitative estimate of drug-likeness (QED) is 0.221. The summed E-state index contributed by atoms with van der Waals surface area (Å²) in [6, 6.07) is 39.9. The van der Waals surface area contributed by atoms with Crippen LogP contribution >= 0.6 is 7.92 Å². The first-order chi connectivity index (χ1) is 18.5. The molecule has 0 saturated carbocycles. The third-order valence-corrected chi connectivity index (χ3v) is 9.23. The number of hydrogen-bond acceptors (Lipinski definition) is 1. The standard InChI is InChI=1S/C35H34N2P/c1-36(2)30-21-15-27(16-22-30)35(28-17-23-31(24-18-28)37(3)4)29-19-25-34(26-20-29)38(32-11-7-5-8-12-32)33-13-9-6-10-14-33/h5-26H,1-4H3/q+1. The predicted octanol–water partition coefficient (Wildman–Crippen LogP) is 6.15. The van der Waals surface area contributed by atoms with Gasteiger partial charge in [-0.2, -0.15) is 0 Å². The summed E-state index contributed by atoms with van der Waals surface area (Å²) in [4.78, 5) is 2.14. The van der Waals surface area contributed by atoms with Crippen LogP contribution in [0.25, 0.3) is 5.57 Å². The highest BCUT2D eigenvalue weighted by Gasteiger charge is 2.18. The summed E-state index contributed by atoms with van der Waals surface area (Å²) in [7, 11) is 7.69. The second kappa shape index (κ2) is 11.6. The highest BCUT2D eigenvalue weighted by Crippen LogP contribution is 2.35. The van der Waals surface area contributed by atoms with E-state index in [1.54, 1.807) is 0 Å². The Bertz CT molecular complexity index is 1450. The van der Waals surface area contributed by atoms with Gasteiger partial charge in [-0.1, -0.05) is 97.1 Å². The first-order valence-electron chi connectivity index (χ1n) is 12.9. The maximum atomic E-state index is 2.32. The summed E-state index contributed by atoms with van der Waals surface area (Å²) in [5, 5.41) is 4.08. The van der Waals surface area contributed by atoms with Gasteiger partial charge in [0.05, 0.1) is 0 Å². The van der Waals surface area contributed by atoms with E-state index < -0.39 is 7.92 Å². The van der Waals surface area contributed by atoms with Crippen molar-refractivity contribution in [3.8, 4) is 0 Å². The molecule has 5 rings (SSSR count). The van der Waals surface area contributed by atoms with Crippen molar-refractivity contribution in [2.45, 2.75) is 0 Å². The Labute approximate surface area is 228 Å². The van der Waals surface area contributed by atoms with E-state index in [1.807, 2.05) is 0 Å². The molecule has 0 heterocycles. The third kappa shape index (κ3) is 5.62. The lowest BCUT2D eigenvalue weighted by molar-refractivity contribution is -0.462. The summed E-state index contributed by atoms with van der Waals surface area (Å²) in [5.74, 6) is 0. The predicted molar refractivity (Wildman–Crippen MR) is 167 cm³/mol. The minimum Gasteiger partial charge on any atom is -0.378 e. The summed E-state index contributed by atoms with van der Waals surface area (Å²) < 4.78 is 2.14. The Morgan fingerprint density at radius 1 is 0.553 bits per heavy atom. The maximum absolute atomic E-state index is 2.32. The zero-order chi connectivity index (χ0) is 26.5. The molecular formula is C35H34N2P+. The average molecular weight is 514 g/mol. The fourth-order valence-electron chi connectivity index (χ4n) is 4.73. The Morgan fingerprint density at radius 3 is 1.45 bits per heavy atom. The molecule has 2 nitrogen and oxygen atoms in total. The van der Waals surface area contributed by atoms with Crippen molar-refractivity contribution < 1.29 is 4.58 Å². The SMILES string of the molecule is CN(C)c1ccc(C(=C2C=CC(=[N+](C)C)C=C2)c2ccc(P(c3ccccc3)c3ccccc3)cc2)cc1. The molecule has 0 fully saturated rings. The van der Waals surface area contributed by atoms with Crippen molar-refractivity contribution in [1.29, 1.82) is 0 Å². The molecule has 0 bridgehead atoms. The number of hydrogen-bond donors (Lipinski definition) is 0. The Hall–Kier alpha value is -4.00. The van der Waals surface area contributed by atoms with E-state index >= 15 is 0 Å². The van der Waals surface area contributed by atoms with Crippen LogP contribution in [0.4, 0.5) is 5.69 Å². The molecule has 38 heavy (non-hydrogen) atoms. The summed E-state index contributed by atoms with van der Waals surface area (Å²) >= 11 is 0. The minimum atomic E-state index is -0.630. The van der Waals surface area contributed by atoms with E-state index in [0.29, 0.717) is 0 Å². The molecule has 1 aliphatic rings. The lowest BCUT2D eigenvalue weighted by Crippen LogP contribution is -2.20. The normalized spacial score (nSPS) is 12.7. The fraction of sp³-hybridized carbons (Fsp3) is 0.114. The van der Waals surface area contributed by atoms with Crippen molar-refractivity contribution in [1.82, 2.24) is 0 Å². The molecule has 0 radical (unpaired) electrons. The molecule has 0 amide bonds. The highest BCUT2D eigenvalue weighted by molar-refractivity contribution is 7.79. The van der Waals surface area contributed by atoms with Crippen molar-refractivity contribution in [2.75, 3.05) is 33.1 Å². The molecule has 0 N–H and O–H groups in total. The van der Waals surface area contributed by atoms with E-state index in [2.05, 4.69) is 171 Å². The first kappa shape index (κ1) is 25.6. The molecule has 1 aliphatic carbocycles. The van der Waals surface area contributed by atoms with Gasteiger partial charge in [-0.3, -0.25) is 0 Å². The Morgan fingerprint density at radius 2 is 1.00 bits per heavy atom. The van der Waals surface area contributed by atoms with E-state index in [-0.39, 0.29) is 0 Å². The van der Waals surface area contributed by atoms with E-state index in [0.717, 1.165) is 0 Å². The lowest BCUT2D eigenvalue weighted by Gasteiger charge is -2.20. The zero-order valence-corrected chi connectivity index (χ0v) is 23.4. The molecule has 0 spiro atoms. The molecular weight excluding hydrogens is 479 g/mol. The van der Waals surface area contributed by atoms with E-state index in [9.17, 15) is 0 Å².